The van der Waals surface area contributed by atoms with E-state index < -0.39 is 4.92 Å². The van der Waals surface area contributed by atoms with Gasteiger partial charge in [-0.25, -0.2) is 19.3 Å². The van der Waals surface area contributed by atoms with E-state index in [0.717, 1.165) is 23.4 Å². The first-order valence-electron chi connectivity index (χ1n) is 14.9. The zero-order valence-corrected chi connectivity index (χ0v) is 25.8. The molecule has 0 radical (unpaired) electrons. The fourth-order valence-electron chi connectivity index (χ4n) is 4.99. The van der Waals surface area contributed by atoms with Gasteiger partial charge in [0, 0.05) is 17.8 Å². The van der Waals surface area contributed by atoms with Crippen molar-refractivity contribution in [3.63, 3.8) is 0 Å². The fourth-order valence-corrected chi connectivity index (χ4v) is 4.99. The van der Waals surface area contributed by atoms with E-state index in [1.54, 1.807) is 52.0 Å². The number of aryl methyl sites for hydroxylation is 1. The molecule has 18 heteroatoms. The average Bonchev–Trinajstić information content (AvgIpc) is 3.94. The molecule has 1 aromatic carbocycles. The van der Waals surface area contributed by atoms with Gasteiger partial charge in [-0.2, -0.15) is 9.97 Å². The molecule has 7 aromatic heterocycles. The molecule has 18 nitrogen and oxygen atoms in total. The maximum Gasteiger partial charge on any atom is 0.269 e. The number of nitrogens with zero attached hydrogens (tertiary/aromatic N) is 12. The van der Waals surface area contributed by atoms with Gasteiger partial charge in [0.15, 0.2) is 33.8 Å². The molecule has 0 saturated heterocycles. The molecule has 0 spiro atoms. The highest BCUT2D eigenvalue weighted by molar-refractivity contribution is 5.86. The molecule has 8 rings (SSSR count). The summed E-state index contributed by atoms with van der Waals surface area (Å²) in [6, 6.07) is 19.2. The molecule has 0 saturated carbocycles. The van der Waals surface area contributed by atoms with Gasteiger partial charge in [-0.3, -0.25) is 15.1 Å². The largest absolute Gasteiger partial charge is 0.463 e. The van der Waals surface area contributed by atoms with Gasteiger partial charge < -0.3 is 20.3 Å². The molecule has 0 amide bonds. The van der Waals surface area contributed by atoms with Crippen molar-refractivity contribution in [3.8, 4) is 22.9 Å². The molecule has 0 unspecified atom stereocenters. The highest BCUT2D eigenvalue weighted by Crippen LogP contribution is 2.27. The summed E-state index contributed by atoms with van der Waals surface area (Å²) < 4.78 is 14.0. The van der Waals surface area contributed by atoms with Crippen molar-refractivity contribution in [1.82, 2.24) is 54.9 Å². The van der Waals surface area contributed by atoms with Crippen molar-refractivity contribution in [3.05, 3.63) is 106 Å². The number of furan rings is 2. The van der Waals surface area contributed by atoms with Gasteiger partial charge >= 0.3 is 0 Å². The lowest BCUT2D eigenvalue weighted by Crippen LogP contribution is -2.07. The third-order valence-electron chi connectivity index (χ3n) is 7.29. The Labute approximate surface area is 275 Å². The number of nitro groups is 1. The second-order valence-corrected chi connectivity index (χ2v) is 10.6. The average molecular weight is 659 g/mol. The van der Waals surface area contributed by atoms with Crippen LogP contribution in [0.4, 0.5) is 17.6 Å². The van der Waals surface area contributed by atoms with Gasteiger partial charge in [0.2, 0.25) is 11.9 Å². The Bertz CT molecular complexity index is 2380. The smallest absolute Gasteiger partial charge is 0.269 e. The number of rotatable bonds is 8. The van der Waals surface area contributed by atoms with E-state index in [2.05, 4.69) is 52.5 Å². The number of nitrogens with two attached hydrogens (primary N) is 2. The summed E-state index contributed by atoms with van der Waals surface area (Å²) in [5.74, 6) is 1.31. The van der Waals surface area contributed by atoms with Crippen molar-refractivity contribution >= 4 is 39.9 Å². The van der Waals surface area contributed by atoms with Crippen molar-refractivity contribution in [2.24, 2.45) is 0 Å². The van der Waals surface area contributed by atoms with Crippen LogP contribution in [0, 0.1) is 10.1 Å². The minimum atomic E-state index is -0.446. The monoisotopic (exact) mass is 658 g/mol. The second-order valence-electron chi connectivity index (χ2n) is 10.6. The quantitative estimate of drug-likeness (QED) is 0.172. The number of nitro benzene ring substituents is 1. The summed E-state index contributed by atoms with van der Waals surface area (Å²) in [5.41, 5.74) is 17.4. The first-order valence-corrected chi connectivity index (χ1v) is 14.9. The fraction of sp³-hybridized carbons (Fsp3) is 0.129. The van der Waals surface area contributed by atoms with Crippen molar-refractivity contribution < 1.29 is 13.8 Å². The predicted octanol–water partition coefficient (Wildman–Crippen LogP) is 4.09. The highest BCUT2D eigenvalue weighted by atomic mass is 16.6. The maximum atomic E-state index is 10.7. The third kappa shape index (κ3) is 6.32. The number of hydrogen-bond acceptors (Lipinski definition) is 15. The van der Waals surface area contributed by atoms with Crippen LogP contribution < -0.4 is 11.5 Å². The van der Waals surface area contributed by atoms with Gasteiger partial charge in [-0.05, 0) is 48.4 Å². The normalized spacial score (nSPS) is 11.1. The van der Waals surface area contributed by atoms with Gasteiger partial charge in [0.05, 0.1) is 36.2 Å². The Morgan fingerprint density at radius 3 is 1.76 bits per heavy atom. The lowest BCUT2D eigenvalue weighted by molar-refractivity contribution is -0.384. The molecule has 0 aliphatic rings. The summed E-state index contributed by atoms with van der Waals surface area (Å²) >= 11 is 0. The summed E-state index contributed by atoms with van der Waals surface area (Å²) in [6.45, 7) is 2.86. The Kier molecular flexibility index (Phi) is 8.07. The summed E-state index contributed by atoms with van der Waals surface area (Å²) in [5, 5.41) is 27.3. The molecular weight excluding hydrogens is 632 g/mol. The maximum absolute atomic E-state index is 10.7. The minimum Gasteiger partial charge on any atom is -0.463 e. The van der Waals surface area contributed by atoms with Crippen LogP contribution in [0.2, 0.25) is 0 Å². The van der Waals surface area contributed by atoms with Gasteiger partial charge in [-0.15, -0.1) is 10.2 Å². The van der Waals surface area contributed by atoms with Gasteiger partial charge in [0.25, 0.3) is 5.69 Å². The SMILES string of the molecule is CCc1cccc(Cn2nnc3c(-c4ccco4)nc(N)nc32)n1.Nc1nc(-c2ccco2)c2nnn(Cc3ccc([N+](=O)[O-])cc3)c2n1. The third-order valence-corrected chi connectivity index (χ3v) is 7.29. The highest BCUT2D eigenvalue weighted by Gasteiger charge is 2.19. The zero-order chi connectivity index (χ0) is 33.9. The Hall–Kier alpha value is -7.11. The molecule has 0 aliphatic heterocycles. The Morgan fingerprint density at radius 1 is 0.694 bits per heavy atom. The van der Waals surface area contributed by atoms with Crippen LogP contribution in [0.25, 0.3) is 45.2 Å². The first kappa shape index (κ1) is 30.5. The van der Waals surface area contributed by atoms with Crippen LogP contribution >= 0.6 is 0 Å². The molecule has 7 heterocycles. The number of benzene rings is 1. The minimum absolute atomic E-state index is 0.0267. The lowest BCUT2D eigenvalue weighted by atomic mass is 10.2. The summed E-state index contributed by atoms with van der Waals surface area (Å²) in [7, 11) is 0. The van der Waals surface area contributed by atoms with Crippen LogP contribution in [0.1, 0.15) is 23.9 Å². The second kappa shape index (κ2) is 12.9. The molecular formula is C31H26N14O4. The molecule has 0 aliphatic carbocycles. The molecule has 0 atom stereocenters. The number of anilines is 2. The predicted molar refractivity (Wildman–Crippen MR) is 175 cm³/mol. The first-order chi connectivity index (χ1) is 23.9. The number of non-ortho nitro benzene ring substituents is 1. The van der Waals surface area contributed by atoms with Crippen LogP contribution in [0.15, 0.2) is 88.1 Å². The van der Waals surface area contributed by atoms with E-state index in [0.29, 0.717) is 58.3 Å². The number of pyridine rings is 1. The van der Waals surface area contributed by atoms with Crippen LogP contribution in [0.5, 0.6) is 0 Å². The molecule has 49 heavy (non-hydrogen) atoms. The molecule has 4 N–H and O–H groups in total. The van der Waals surface area contributed by atoms with Gasteiger partial charge in [0.1, 0.15) is 11.4 Å². The summed E-state index contributed by atoms with van der Waals surface area (Å²) in [4.78, 5) is 31.8. The standard InChI is InChI=1S/C16H15N7O.C15H11N7O3/c1-2-10-5-3-6-11(18-10)9-23-15-14(21-22-23)13(19-16(17)20-15)12-7-4-8-24-12;16-15-17-12(11-2-1-7-25-11)13-14(18-15)21(20-19-13)8-9-3-5-10(6-4-9)22(23)24/h3-8H,2,9H2,1H3,(H2,17,19,20);1-7H,8H2,(H2,16,17,18). The van der Waals surface area contributed by atoms with Crippen LogP contribution in [-0.4, -0.2) is 59.8 Å². The van der Waals surface area contributed by atoms with E-state index >= 15 is 0 Å². The number of nitrogen functional groups attached to an aromatic ring is 2. The number of fused-ring (bicyclic) bond motifs is 2. The zero-order valence-electron chi connectivity index (χ0n) is 25.8. The molecule has 0 bridgehead atoms. The van der Waals surface area contributed by atoms with Crippen LogP contribution in [0.3, 0.4) is 0 Å². The van der Waals surface area contributed by atoms with Crippen LogP contribution in [-0.2, 0) is 19.5 Å². The Balaban J connectivity index is 0.000000154. The van der Waals surface area contributed by atoms with E-state index in [9.17, 15) is 10.1 Å². The number of aromatic nitrogens is 11. The Morgan fingerprint density at radius 2 is 1.24 bits per heavy atom. The molecule has 0 fully saturated rings. The molecule has 8 aromatic rings. The summed E-state index contributed by atoms with van der Waals surface area (Å²) in [6.07, 6.45) is 3.98. The van der Waals surface area contributed by atoms with E-state index in [1.165, 1.54) is 18.4 Å². The molecule has 244 valence electrons. The van der Waals surface area contributed by atoms with Crippen molar-refractivity contribution in [2.45, 2.75) is 26.4 Å². The number of hydrogen-bond donors (Lipinski definition) is 2. The van der Waals surface area contributed by atoms with Crippen molar-refractivity contribution in [2.75, 3.05) is 11.5 Å². The van der Waals surface area contributed by atoms with E-state index in [4.69, 9.17) is 20.3 Å². The van der Waals surface area contributed by atoms with E-state index in [-0.39, 0.29) is 17.6 Å². The van der Waals surface area contributed by atoms with E-state index in [1.807, 2.05) is 18.2 Å². The lowest BCUT2D eigenvalue weighted by Gasteiger charge is -2.04. The van der Waals surface area contributed by atoms with Gasteiger partial charge in [-0.1, -0.05) is 35.5 Å². The van der Waals surface area contributed by atoms with Crippen molar-refractivity contribution in [1.29, 1.82) is 0 Å². The topological polar surface area (TPSA) is 247 Å².